The molecular formula is C18H17BrF2N2O2. The van der Waals surface area contributed by atoms with Crippen molar-refractivity contribution in [3.05, 3.63) is 45.9 Å². The predicted molar refractivity (Wildman–Crippen MR) is 95.9 cm³/mol. The lowest BCUT2D eigenvalue weighted by molar-refractivity contribution is -0.117. The highest BCUT2D eigenvalue weighted by molar-refractivity contribution is 9.10. The lowest BCUT2D eigenvalue weighted by Crippen LogP contribution is -2.40. The molecule has 1 aliphatic rings. The summed E-state index contributed by atoms with van der Waals surface area (Å²) in [4.78, 5) is 13.7. The zero-order valence-electron chi connectivity index (χ0n) is 13.8. The fraction of sp³-hybridized carbons (Fsp3) is 0.278. The van der Waals surface area contributed by atoms with Crippen molar-refractivity contribution in [2.45, 2.75) is 32.7 Å². The second-order valence-electron chi connectivity index (χ2n) is 6.06. The number of fused-ring (bicyclic) bond motifs is 1. The number of amides is 1. The summed E-state index contributed by atoms with van der Waals surface area (Å²) in [7, 11) is 0. The number of nitrogens with two attached hydrogens (primary N) is 1. The van der Waals surface area contributed by atoms with Gasteiger partial charge >= 0.3 is 0 Å². The van der Waals surface area contributed by atoms with E-state index < -0.39 is 11.6 Å². The number of nitrogens with zero attached hydrogens (tertiary/aromatic N) is 1. The molecule has 1 amide bonds. The molecule has 0 bridgehead atoms. The smallest absolute Gasteiger partial charge is 0.224 e. The highest BCUT2D eigenvalue weighted by Crippen LogP contribution is 2.43. The van der Waals surface area contributed by atoms with Crippen LogP contribution >= 0.6 is 15.9 Å². The third kappa shape index (κ3) is 3.20. The highest BCUT2D eigenvalue weighted by Gasteiger charge is 2.29. The van der Waals surface area contributed by atoms with Gasteiger partial charge in [-0.15, -0.1) is 0 Å². The van der Waals surface area contributed by atoms with Crippen LogP contribution in [-0.2, 0) is 11.2 Å². The van der Waals surface area contributed by atoms with Crippen molar-refractivity contribution in [3.63, 3.8) is 0 Å². The van der Waals surface area contributed by atoms with Gasteiger partial charge < -0.3 is 15.4 Å². The zero-order chi connectivity index (χ0) is 18.3. The zero-order valence-corrected chi connectivity index (χ0v) is 15.4. The molecule has 4 nitrogen and oxygen atoms in total. The summed E-state index contributed by atoms with van der Waals surface area (Å²) >= 11 is 3.39. The van der Waals surface area contributed by atoms with Gasteiger partial charge in [-0.25, -0.2) is 8.78 Å². The Kier molecular flexibility index (Phi) is 4.69. The van der Waals surface area contributed by atoms with Crippen LogP contribution in [0, 0.1) is 11.6 Å². The van der Waals surface area contributed by atoms with Gasteiger partial charge in [-0.2, -0.15) is 0 Å². The summed E-state index contributed by atoms with van der Waals surface area (Å²) in [5, 5.41) is 0. The maximum atomic E-state index is 14.1. The van der Waals surface area contributed by atoms with E-state index in [9.17, 15) is 13.6 Å². The normalized spacial score (nSPS) is 16.5. The molecule has 0 spiro atoms. The second kappa shape index (κ2) is 6.63. The van der Waals surface area contributed by atoms with Crippen LogP contribution in [0.4, 0.5) is 20.2 Å². The third-order valence-corrected chi connectivity index (χ3v) is 4.93. The molecule has 1 aliphatic heterocycles. The monoisotopic (exact) mass is 410 g/mol. The molecule has 2 aromatic carbocycles. The lowest BCUT2D eigenvalue weighted by atomic mass is 9.95. The van der Waals surface area contributed by atoms with Crippen LogP contribution in [0.3, 0.4) is 0 Å². The molecule has 0 aromatic heterocycles. The minimum Gasteiger partial charge on any atom is -0.453 e. The van der Waals surface area contributed by atoms with Crippen LogP contribution in [0.5, 0.6) is 11.5 Å². The Morgan fingerprint density at radius 1 is 1.32 bits per heavy atom. The summed E-state index contributed by atoms with van der Waals surface area (Å²) < 4.78 is 34.1. The number of carbonyl (C=O) groups excluding carboxylic acids is 1. The van der Waals surface area contributed by atoms with Crippen molar-refractivity contribution < 1.29 is 18.3 Å². The molecule has 132 valence electrons. The Bertz CT molecular complexity index is 857. The van der Waals surface area contributed by atoms with E-state index in [-0.39, 0.29) is 23.4 Å². The van der Waals surface area contributed by atoms with Gasteiger partial charge in [0, 0.05) is 30.7 Å². The van der Waals surface area contributed by atoms with Crippen LogP contribution in [0.25, 0.3) is 0 Å². The molecule has 25 heavy (non-hydrogen) atoms. The Labute approximate surface area is 152 Å². The topological polar surface area (TPSA) is 55.6 Å². The largest absolute Gasteiger partial charge is 0.453 e. The minimum atomic E-state index is -0.754. The van der Waals surface area contributed by atoms with Crippen molar-refractivity contribution in [1.82, 2.24) is 0 Å². The lowest BCUT2D eigenvalue weighted by Gasteiger charge is -2.35. The molecule has 0 unspecified atom stereocenters. The Morgan fingerprint density at radius 3 is 2.72 bits per heavy atom. The number of benzene rings is 2. The minimum absolute atomic E-state index is 0.0599. The number of rotatable bonds is 2. The summed E-state index contributed by atoms with van der Waals surface area (Å²) in [6.07, 6.45) is 1.41. The molecule has 7 heteroatoms. The van der Waals surface area contributed by atoms with Crippen LogP contribution in [0.2, 0.25) is 0 Å². The molecule has 2 N–H and O–H groups in total. The fourth-order valence-electron chi connectivity index (χ4n) is 3.10. The average Bonchev–Trinajstić information content (AvgIpc) is 2.54. The van der Waals surface area contributed by atoms with Crippen LogP contribution in [0.1, 0.15) is 25.8 Å². The molecular weight excluding hydrogens is 394 g/mol. The van der Waals surface area contributed by atoms with Crippen molar-refractivity contribution in [2.24, 2.45) is 0 Å². The molecule has 1 heterocycles. The van der Waals surface area contributed by atoms with Gasteiger partial charge in [0.2, 0.25) is 5.91 Å². The molecule has 0 saturated heterocycles. The number of hydrogen-bond acceptors (Lipinski definition) is 3. The maximum absolute atomic E-state index is 14.1. The van der Waals surface area contributed by atoms with Crippen molar-refractivity contribution in [3.8, 4) is 11.5 Å². The van der Waals surface area contributed by atoms with Crippen LogP contribution < -0.4 is 15.4 Å². The van der Waals surface area contributed by atoms with E-state index in [1.54, 1.807) is 11.0 Å². The molecule has 2 aromatic rings. The van der Waals surface area contributed by atoms with Crippen LogP contribution in [-0.4, -0.2) is 11.9 Å². The number of anilines is 2. The standard InChI is InChI=1S/C18H17BrF2N2O2/c1-9-3-4-11-16(23(9)10(2)24)6-5-12(19)18(11)25-17-8-13(20)15(22)7-14(17)21/h5-9H,3-4,22H2,1-2H3/t9-/m0/s1. The maximum Gasteiger partial charge on any atom is 0.224 e. The Hall–Kier alpha value is -2.15. The van der Waals surface area contributed by atoms with Gasteiger partial charge in [0.1, 0.15) is 11.6 Å². The van der Waals surface area contributed by atoms with Crippen molar-refractivity contribution in [2.75, 3.05) is 10.6 Å². The average molecular weight is 411 g/mol. The van der Waals surface area contributed by atoms with E-state index in [1.165, 1.54) is 6.92 Å². The molecule has 3 rings (SSSR count). The van der Waals surface area contributed by atoms with E-state index in [2.05, 4.69) is 15.9 Å². The summed E-state index contributed by atoms with van der Waals surface area (Å²) in [6.45, 7) is 3.48. The predicted octanol–water partition coefficient (Wildman–Crippen LogP) is 4.79. The van der Waals surface area contributed by atoms with Crippen LogP contribution in [0.15, 0.2) is 28.7 Å². The first kappa shape index (κ1) is 17.7. The van der Waals surface area contributed by atoms with E-state index in [1.807, 2.05) is 13.0 Å². The van der Waals surface area contributed by atoms with E-state index >= 15 is 0 Å². The van der Waals surface area contributed by atoms with E-state index in [0.717, 1.165) is 29.8 Å². The van der Waals surface area contributed by atoms with Gasteiger partial charge in [-0.1, -0.05) is 0 Å². The molecule has 0 fully saturated rings. The first-order valence-corrected chi connectivity index (χ1v) is 8.62. The summed E-state index contributed by atoms with van der Waals surface area (Å²) in [5.74, 6) is -1.47. The number of carbonyl (C=O) groups is 1. The molecule has 0 radical (unpaired) electrons. The van der Waals surface area contributed by atoms with Gasteiger partial charge in [-0.05, 0) is 47.8 Å². The molecule has 0 saturated carbocycles. The van der Waals surface area contributed by atoms with E-state index in [0.29, 0.717) is 16.6 Å². The van der Waals surface area contributed by atoms with Gasteiger partial charge in [0.15, 0.2) is 11.6 Å². The quantitative estimate of drug-likeness (QED) is 0.724. The summed E-state index contributed by atoms with van der Waals surface area (Å²) in [5.41, 5.74) is 6.58. The second-order valence-corrected chi connectivity index (χ2v) is 6.91. The highest BCUT2D eigenvalue weighted by atomic mass is 79.9. The Balaban J connectivity index is 2.09. The SMILES string of the molecule is CC(=O)N1c2ccc(Br)c(Oc3cc(F)c(N)cc3F)c2CC[C@@H]1C. The van der Waals surface area contributed by atoms with Gasteiger partial charge in [0.05, 0.1) is 15.8 Å². The van der Waals surface area contributed by atoms with E-state index in [4.69, 9.17) is 10.5 Å². The number of hydrogen-bond donors (Lipinski definition) is 1. The third-order valence-electron chi connectivity index (χ3n) is 4.30. The first-order valence-electron chi connectivity index (χ1n) is 7.83. The van der Waals surface area contributed by atoms with Gasteiger partial charge in [-0.3, -0.25) is 4.79 Å². The number of halogens is 3. The summed E-state index contributed by atoms with van der Waals surface area (Å²) in [6, 6.07) is 5.42. The van der Waals surface area contributed by atoms with Gasteiger partial charge in [0.25, 0.3) is 0 Å². The fourth-order valence-corrected chi connectivity index (χ4v) is 3.55. The number of ether oxygens (including phenoxy) is 1. The van der Waals surface area contributed by atoms with Crippen molar-refractivity contribution >= 4 is 33.2 Å². The number of nitrogen functional groups attached to an aromatic ring is 1. The molecule has 1 atom stereocenters. The first-order chi connectivity index (χ1) is 11.8. The Morgan fingerprint density at radius 2 is 2.04 bits per heavy atom. The van der Waals surface area contributed by atoms with Crippen molar-refractivity contribution in [1.29, 1.82) is 0 Å². The molecule has 0 aliphatic carbocycles.